The molecule has 6 nitrogen and oxygen atoms in total. The molecule has 0 spiro atoms. The van der Waals surface area contributed by atoms with Crippen molar-refractivity contribution >= 4 is 40.4 Å². The number of carbonyl (C=O) groups excluding carboxylic acids is 1. The van der Waals surface area contributed by atoms with Gasteiger partial charge in [0.05, 0.1) is 17.2 Å². The van der Waals surface area contributed by atoms with Gasteiger partial charge in [-0.05, 0) is 54.1 Å². The molecule has 0 unspecified atom stereocenters. The van der Waals surface area contributed by atoms with E-state index in [1.807, 2.05) is 47.8 Å². The van der Waals surface area contributed by atoms with E-state index < -0.39 is 0 Å². The molecule has 0 bridgehead atoms. The number of hydrogen-bond donors (Lipinski definition) is 1. The van der Waals surface area contributed by atoms with E-state index in [1.165, 1.54) is 35.9 Å². The molecule has 0 saturated carbocycles. The van der Waals surface area contributed by atoms with Crippen LogP contribution in [0.5, 0.6) is 0 Å². The summed E-state index contributed by atoms with van der Waals surface area (Å²) >= 11 is 3.04. The Morgan fingerprint density at radius 3 is 2.48 bits per heavy atom. The summed E-state index contributed by atoms with van der Waals surface area (Å²) in [7, 11) is 0. The fourth-order valence-corrected chi connectivity index (χ4v) is 5.41. The summed E-state index contributed by atoms with van der Waals surface area (Å²) in [6.45, 7) is 2.88. The SMILES string of the molecule is O=C(CSc1nnc(-c2cccs2)n1Cc1ccccc1)Nc1ccc(N2CCCC2)cc1. The topological polar surface area (TPSA) is 63.1 Å². The molecule has 1 aliphatic heterocycles. The quantitative estimate of drug-likeness (QED) is 0.346. The highest BCUT2D eigenvalue weighted by Crippen LogP contribution is 2.28. The molecule has 1 N–H and O–H groups in total. The van der Waals surface area contributed by atoms with E-state index in [0.717, 1.165) is 34.6 Å². The smallest absolute Gasteiger partial charge is 0.234 e. The number of nitrogens with one attached hydrogen (secondary N) is 1. The first-order valence-corrected chi connectivity index (χ1v) is 12.9. The summed E-state index contributed by atoms with van der Waals surface area (Å²) in [5.41, 5.74) is 3.20. The summed E-state index contributed by atoms with van der Waals surface area (Å²) < 4.78 is 2.09. The maximum Gasteiger partial charge on any atom is 0.234 e. The standard InChI is InChI=1S/C25H25N5OS2/c31-23(26-20-10-12-21(13-11-20)29-14-4-5-15-29)18-33-25-28-27-24(22-9-6-16-32-22)30(25)17-19-7-2-1-3-8-19/h1-3,6-13,16H,4-5,14-15,17-18H2,(H,26,31). The maximum atomic E-state index is 12.6. The minimum absolute atomic E-state index is 0.0548. The number of nitrogens with zero attached hydrogens (tertiary/aromatic N) is 4. The molecule has 5 rings (SSSR count). The zero-order valence-electron chi connectivity index (χ0n) is 18.2. The summed E-state index contributed by atoms with van der Waals surface area (Å²) in [6.07, 6.45) is 2.50. The first-order valence-electron chi connectivity index (χ1n) is 11.0. The van der Waals surface area contributed by atoms with Crippen LogP contribution in [0.2, 0.25) is 0 Å². The lowest BCUT2D eigenvalue weighted by molar-refractivity contribution is -0.113. The fraction of sp³-hybridized carbons (Fsp3) is 0.240. The molecule has 1 amide bonds. The monoisotopic (exact) mass is 475 g/mol. The number of amides is 1. The molecule has 2 aromatic heterocycles. The Labute approximate surface area is 201 Å². The number of thiophene rings is 1. The van der Waals surface area contributed by atoms with Crippen LogP contribution >= 0.6 is 23.1 Å². The van der Waals surface area contributed by atoms with Crippen LogP contribution in [0.1, 0.15) is 18.4 Å². The van der Waals surface area contributed by atoms with E-state index in [4.69, 9.17) is 0 Å². The Morgan fingerprint density at radius 2 is 1.76 bits per heavy atom. The third-order valence-corrected chi connectivity index (χ3v) is 7.43. The van der Waals surface area contributed by atoms with Gasteiger partial charge in [0.15, 0.2) is 11.0 Å². The van der Waals surface area contributed by atoms with Crippen LogP contribution in [-0.2, 0) is 11.3 Å². The van der Waals surface area contributed by atoms with Crippen molar-refractivity contribution in [2.75, 3.05) is 29.1 Å². The molecule has 2 aromatic carbocycles. The van der Waals surface area contributed by atoms with Crippen molar-refractivity contribution in [3.05, 3.63) is 77.7 Å². The van der Waals surface area contributed by atoms with E-state index in [1.54, 1.807) is 11.3 Å². The molecule has 0 radical (unpaired) electrons. The Bertz CT molecular complexity index is 1180. The van der Waals surface area contributed by atoms with E-state index in [9.17, 15) is 4.79 Å². The predicted octanol–water partition coefficient (Wildman–Crippen LogP) is 5.39. The lowest BCUT2D eigenvalue weighted by Gasteiger charge is -2.17. The molecule has 1 fully saturated rings. The summed E-state index contributed by atoms with van der Waals surface area (Å²) in [5, 5.41) is 14.6. The maximum absolute atomic E-state index is 12.6. The minimum atomic E-state index is -0.0548. The molecule has 0 atom stereocenters. The van der Waals surface area contributed by atoms with Crippen LogP contribution in [0, 0.1) is 0 Å². The van der Waals surface area contributed by atoms with Crippen molar-refractivity contribution in [3.63, 3.8) is 0 Å². The molecule has 3 heterocycles. The van der Waals surface area contributed by atoms with Crippen LogP contribution in [0.15, 0.2) is 77.3 Å². The second-order valence-electron chi connectivity index (χ2n) is 7.93. The van der Waals surface area contributed by atoms with Gasteiger partial charge in [-0.2, -0.15) is 0 Å². The molecule has 4 aromatic rings. The zero-order chi connectivity index (χ0) is 22.5. The molecule has 8 heteroatoms. The van der Waals surface area contributed by atoms with Crippen molar-refractivity contribution in [1.29, 1.82) is 0 Å². The molecule has 1 aliphatic rings. The summed E-state index contributed by atoms with van der Waals surface area (Å²) in [6, 6.07) is 22.4. The van der Waals surface area contributed by atoms with Crippen molar-refractivity contribution in [3.8, 4) is 10.7 Å². The molecule has 1 saturated heterocycles. The summed E-state index contributed by atoms with van der Waals surface area (Å²) in [5.74, 6) is 1.04. The number of anilines is 2. The normalized spacial score (nSPS) is 13.4. The van der Waals surface area contributed by atoms with Crippen molar-refractivity contribution in [1.82, 2.24) is 14.8 Å². The number of thioether (sulfide) groups is 1. The van der Waals surface area contributed by atoms with Crippen LogP contribution in [-0.4, -0.2) is 39.5 Å². The molecular weight excluding hydrogens is 450 g/mol. The van der Waals surface area contributed by atoms with E-state index in [-0.39, 0.29) is 11.7 Å². The number of aromatic nitrogens is 3. The molecule has 0 aliphatic carbocycles. The lowest BCUT2D eigenvalue weighted by atomic mass is 10.2. The predicted molar refractivity (Wildman–Crippen MR) is 136 cm³/mol. The van der Waals surface area contributed by atoms with Crippen LogP contribution in [0.4, 0.5) is 11.4 Å². The molecule has 33 heavy (non-hydrogen) atoms. The van der Waals surface area contributed by atoms with Gasteiger partial charge in [-0.3, -0.25) is 9.36 Å². The highest BCUT2D eigenvalue weighted by atomic mass is 32.2. The van der Waals surface area contributed by atoms with Gasteiger partial charge in [0, 0.05) is 24.5 Å². The second-order valence-corrected chi connectivity index (χ2v) is 9.82. The number of benzene rings is 2. The Balaban J connectivity index is 1.25. The van der Waals surface area contributed by atoms with Gasteiger partial charge in [0.25, 0.3) is 0 Å². The average Bonchev–Trinajstić information content (AvgIpc) is 3.61. The number of carbonyl (C=O) groups is 1. The molecular formula is C25H25N5OS2. The van der Waals surface area contributed by atoms with Crippen LogP contribution < -0.4 is 10.2 Å². The fourth-order valence-electron chi connectivity index (χ4n) is 3.95. The summed E-state index contributed by atoms with van der Waals surface area (Å²) in [4.78, 5) is 16.1. The largest absolute Gasteiger partial charge is 0.372 e. The third kappa shape index (κ3) is 5.29. The Hall–Kier alpha value is -3.10. The first-order chi connectivity index (χ1) is 16.3. The molecule has 168 valence electrons. The third-order valence-electron chi connectivity index (χ3n) is 5.60. The van der Waals surface area contributed by atoms with Gasteiger partial charge in [-0.1, -0.05) is 48.2 Å². The van der Waals surface area contributed by atoms with Crippen molar-refractivity contribution in [2.24, 2.45) is 0 Å². The minimum Gasteiger partial charge on any atom is -0.372 e. The first kappa shape index (κ1) is 21.7. The van der Waals surface area contributed by atoms with Gasteiger partial charge in [0.1, 0.15) is 0 Å². The Kier molecular flexibility index (Phi) is 6.73. The highest BCUT2D eigenvalue weighted by Gasteiger charge is 2.17. The van der Waals surface area contributed by atoms with Gasteiger partial charge in [0.2, 0.25) is 5.91 Å². The van der Waals surface area contributed by atoms with E-state index in [2.05, 4.69) is 49.2 Å². The van der Waals surface area contributed by atoms with Gasteiger partial charge >= 0.3 is 0 Å². The van der Waals surface area contributed by atoms with Gasteiger partial charge < -0.3 is 10.2 Å². The van der Waals surface area contributed by atoms with E-state index >= 15 is 0 Å². The lowest BCUT2D eigenvalue weighted by Crippen LogP contribution is -2.18. The van der Waals surface area contributed by atoms with Gasteiger partial charge in [-0.25, -0.2) is 0 Å². The van der Waals surface area contributed by atoms with E-state index in [0.29, 0.717) is 6.54 Å². The van der Waals surface area contributed by atoms with Gasteiger partial charge in [-0.15, -0.1) is 21.5 Å². The van der Waals surface area contributed by atoms with Crippen molar-refractivity contribution < 1.29 is 4.79 Å². The van der Waals surface area contributed by atoms with Crippen LogP contribution in [0.3, 0.4) is 0 Å². The average molecular weight is 476 g/mol. The highest BCUT2D eigenvalue weighted by molar-refractivity contribution is 7.99. The second kappa shape index (κ2) is 10.2. The number of hydrogen-bond acceptors (Lipinski definition) is 6. The van der Waals surface area contributed by atoms with Crippen molar-refractivity contribution in [2.45, 2.75) is 24.5 Å². The number of rotatable bonds is 8. The Morgan fingerprint density at radius 1 is 0.970 bits per heavy atom. The zero-order valence-corrected chi connectivity index (χ0v) is 19.8. The van der Waals surface area contributed by atoms with Crippen LogP contribution in [0.25, 0.3) is 10.7 Å².